The Hall–Kier alpha value is -2.44. The van der Waals surface area contributed by atoms with Crippen molar-refractivity contribution in [3.05, 3.63) is 58.2 Å². The first-order valence-electron chi connectivity index (χ1n) is 8.55. The van der Waals surface area contributed by atoms with Gasteiger partial charge in [-0.3, -0.25) is 9.36 Å². The number of rotatable bonds is 2. The molecule has 0 amide bonds. The number of anilines is 1. The standard InChI is InChI=1S/C19H19ClN4O2/c1-12-9-23(10-13(2)26-12)17-7-6-14(8-21-17)24-11-22-18-15(19(24)25)4-3-5-16(18)20/h3-8,11-13H,9-10H2,1-2H3/t12-,13+. The zero-order valence-corrected chi connectivity index (χ0v) is 15.3. The van der Waals surface area contributed by atoms with E-state index in [-0.39, 0.29) is 17.8 Å². The van der Waals surface area contributed by atoms with Crippen molar-refractivity contribution in [1.82, 2.24) is 14.5 Å². The molecule has 7 heteroatoms. The number of ether oxygens (including phenoxy) is 1. The second-order valence-electron chi connectivity index (χ2n) is 6.59. The van der Waals surface area contributed by atoms with Gasteiger partial charge in [-0.25, -0.2) is 9.97 Å². The molecule has 0 bridgehead atoms. The molecule has 6 nitrogen and oxygen atoms in total. The lowest BCUT2D eigenvalue weighted by Crippen LogP contribution is -2.45. The van der Waals surface area contributed by atoms with Crippen LogP contribution in [-0.4, -0.2) is 39.8 Å². The number of halogens is 1. The van der Waals surface area contributed by atoms with E-state index in [0.717, 1.165) is 18.9 Å². The summed E-state index contributed by atoms with van der Waals surface area (Å²) in [6.07, 6.45) is 3.51. The van der Waals surface area contributed by atoms with Crippen LogP contribution in [0.15, 0.2) is 47.7 Å². The summed E-state index contributed by atoms with van der Waals surface area (Å²) in [5.74, 6) is 0.876. The fourth-order valence-corrected chi connectivity index (χ4v) is 3.60. The third-order valence-electron chi connectivity index (χ3n) is 4.49. The van der Waals surface area contributed by atoms with Gasteiger partial charge in [0.15, 0.2) is 0 Å². The maximum absolute atomic E-state index is 12.8. The van der Waals surface area contributed by atoms with E-state index in [1.165, 1.54) is 10.9 Å². The molecule has 0 aliphatic carbocycles. The summed E-state index contributed by atoms with van der Waals surface area (Å²) in [7, 11) is 0. The highest BCUT2D eigenvalue weighted by Gasteiger charge is 2.23. The first kappa shape index (κ1) is 17.0. The highest BCUT2D eigenvalue weighted by atomic mass is 35.5. The van der Waals surface area contributed by atoms with Gasteiger partial charge in [-0.2, -0.15) is 0 Å². The van der Waals surface area contributed by atoms with E-state index in [9.17, 15) is 4.79 Å². The van der Waals surface area contributed by atoms with Gasteiger partial charge >= 0.3 is 0 Å². The Morgan fingerprint density at radius 2 is 1.88 bits per heavy atom. The topological polar surface area (TPSA) is 60.2 Å². The third kappa shape index (κ3) is 3.06. The minimum Gasteiger partial charge on any atom is -0.372 e. The molecule has 0 radical (unpaired) electrons. The Morgan fingerprint density at radius 3 is 2.58 bits per heavy atom. The first-order valence-corrected chi connectivity index (χ1v) is 8.93. The highest BCUT2D eigenvalue weighted by molar-refractivity contribution is 6.34. The second-order valence-corrected chi connectivity index (χ2v) is 7.00. The molecular formula is C19H19ClN4O2. The molecule has 0 N–H and O–H groups in total. The molecule has 1 aliphatic heterocycles. The molecule has 0 unspecified atom stereocenters. The summed E-state index contributed by atoms with van der Waals surface area (Å²) in [5, 5.41) is 0.954. The van der Waals surface area contributed by atoms with Crippen molar-refractivity contribution in [3.8, 4) is 5.69 Å². The Balaban J connectivity index is 1.68. The number of fused-ring (bicyclic) bond motifs is 1. The number of hydrogen-bond acceptors (Lipinski definition) is 5. The van der Waals surface area contributed by atoms with Crippen LogP contribution >= 0.6 is 11.6 Å². The molecule has 1 saturated heterocycles. The Labute approximate surface area is 156 Å². The number of para-hydroxylation sites is 1. The molecule has 2 atom stereocenters. The van der Waals surface area contributed by atoms with Gasteiger partial charge < -0.3 is 9.64 Å². The number of aromatic nitrogens is 3. The maximum atomic E-state index is 12.8. The molecule has 0 saturated carbocycles. The highest BCUT2D eigenvalue weighted by Crippen LogP contribution is 2.21. The molecule has 3 heterocycles. The molecule has 1 fully saturated rings. The lowest BCUT2D eigenvalue weighted by atomic mass is 10.2. The minimum atomic E-state index is -0.166. The molecule has 26 heavy (non-hydrogen) atoms. The van der Waals surface area contributed by atoms with Gasteiger partial charge in [0, 0.05) is 13.1 Å². The quantitative estimate of drug-likeness (QED) is 0.694. The largest absolute Gasteiger partial charge is 0.372 e. The van der Waals surface area contributed by atoms with Gasteiger partial charge in [0.2, 0.25) is 0 Å². The van der Waals surface area contributed by atoms with Gasteiger partial charge in [0.05, 0.1) is 40.0 Å². The SMILES string of the molecule is C[C@@H]1CN(c2ccc(-n3cnc4c(Cl)cccc4c3=O)cn2)C[C@H](C)O1. The number of morpholine rings is 1. The smallest absolute Gasteiger partial charge is 0.265 e. The average molecular weight is 371 g/mol. The fourth-order valence-electron chi connectivity index (χ4n) is 3.37. The minimum absolute atomic E-state index is 0.164. The maximum Gasteiger partial charge on any atom is 0.265 e. The van der Waals surface area contributed by atoms with Crippen LogP contribution < -0.4 is 10.5 Å². The molecule has 4 rings (SSSR count). The molecule has 1 aromatic carbocycles. The van der Waals surface area contributed by atoms with E-state index in [2.05, 4.69) is 28.7 Å². The van der Waals surface area contributed by atoms with Crippen molar-refractivity contribution < 1.29 is 4.74 Å². The van der Waals surface area contributed by atoms with Crippen LogP contribution in [0.4, 0.5) is 5.82 Å². The monoisotopic (exact) mass is 370 g/mol. The van der Waals surface area contributed by atoms with Gasteiger partial charge in [-0.15, -0.1) is 0 Å². The summed E-state index contributed by atoms with van der Waals surface area (Å²) in [4.78, 5) is 23.8. The number of pyridine rings is 1. The summed E-state index contributed by atoms with van der Waals surface area (Å²) < 4.78 is 7.25. The fraction of sp³-hybridized carbons (Fsp3) is 0.316. The Kier molecular flexibility index (Phi) is 4.38. The van der Waals surface area contributed by atoms with Crippen LogP contribution in [0.1, 0.15) is 13.8 Å². The molecule has 0 spiro atoms. The van der Waals surface area contributed by atoms with Crippen LogP contribution in [0.5, 0.6) is 0 Å². The molecule has 1 aliphatic rings. The van der Waals surface area contributed by atoms with Crippen LogP contribution in [0.25, 0.3) is 16.6 Å². The van der Waals surface area contributed by atoms with Crippen molar-refractivity contribution >= 4 is 28.3 Å². The van der Waals surface area contributed by atoms with Crippen molar-refractivity contribution in [2.75, 3.05) is 18.0 Å². The van der Waals surface area contributed by atoms with E-state index in [1.54, 1.807) is 24.4 Å². The van der Waals surface area contributed by atoms with Crippen LogP contribution in [0.2, 0.25) is 5.02 Å². The Bertz CT molecular complexity index is 993. The van der Waals surface area contributed by atoms with Gasteiger partial charge in [-0.05, 0) is 38.1 Å². The normalized spacial score (nSPS) is 20.5. The number of nitrogens with zero attached hydrogens (tertiary/aromatic N) is 4. The van der Waals surface area contributed by atoms with E-state index < -0.39 is 0 Å². The zero-order chi connectivity index (χ0) is 18.3. The molecule has 3 aromatic rings. The van der Waals surface area contributed by atoms with Crippen LogP contribution in [0.3, 0.4) is 0 Å². The molecule has 2 aromatic heterocycles. The summed E-state index contributed by atoms with van der Waals surface area (Å²) in [5.41, 5.74) is 1.01. The molecule has 134 valence electrons. The Morgan fingerprint density at radius 1 is 1.12 bits per heavy atom. The van der Waals surface area contributed by atoms with Crippen molar-refractivity contribution in [2.45, 2.75) is 26.1 Å². The number of hydrogen-bond donors (Lipinski definition) is 0. The van der Waals surface area contributed by atoms with E-state index in [4.69, 9.17) is 16.3 Å². The number of benzene rings is 1. The van der Waals surface area contributed by atoms with Gasteiger partial charge in [0.1, 0.15) is 12.1 Å². The lowest BCUT2D eigenvalue weighted by Gasteiger charge is -2.36. The van der Waals surface area contributed by atoms with Crippen LogP contribution in [-0.2, 0) is 4.74 Å². The lowest BCUT2D eigenvalue weighted by molar-refractivity contribution is -0.00545. The van der Waals surface area contributed by atoms with Gasteiger partial charge in [0.25, 0.3) is 5.56 Å². The zero-order valence-electron chi connectivity index (χ0n) is 14.6. The van der Waals surface area contributed by atoms with Gasteiger partial charge in [-0.1, -0.05) is 17.7 Å². The first-order chi connectivity index (χ1) is 12.5. The average Bonchev–Trinajstić information content (AvgIpc) is 2.62. The molecular weight excluding hydrogens is 352 g/mol. The van der Waals surface area contributed by atoms with Crippen LogP contribution in [0, 0.1) is 0 Å². The summed E-state index contributed by atoms with van der Waals surface area (Å²) >= 11 is 6.12. The summed E-state index contributed by atoms with van der Waals surface area (Å²) in [6, 6.07) is 9.01. The van der Waals surface area contributed by atoms with Crippen molar-refractivity contribution in [2.24, 2.45) is 0 Å². The van der Waals surface area contributed by atoms with E-state index in [1.807, 2.05) is 12.1 Å². The van der Waals surface area contributed by atoms with Crippen molar-refractivity contribution in [1.29, 1.82) is 0 Å². The van der Waals surface area contributed by atoms with E-state index >= 15 is 0 Å². The predicted molar refractivity (Wildman–Crippen MR) is 102 cm³/mol. The van der Waals surface area contributed by atoms with Crippen molar-refractivity contribution in [3.63, 3.8) is 0 Å². The second kappa shape index (κ2) is 6.70. The summed E-state index contributed by atoms with van der Waals surface area (Å²) in [6.45, 7) is 5.71. The van der Waals surface area contributed by atoms with E-state index in [0.29, 0.717) is 21.6 Å². The third-order valence-corrected chi connectivity index (χ3v) is 4.80. The predicted octanol–water partition coefficient (Wildman–Crippen LogP) is 3.05.